The van der Waals surface area contributed by atoms with Gasteiger partial charge in [0, 0.05) is 17.0 Å². The van der Waals surface area contributed by atoms with Crippen molar-refractivity contribution in [2.45, 2.75) is 26.8 Å². The Kier molecular flexibility index (Phi) is 4.74. The number of aryl methyl sites for hydroxylation is 2. The maximum atomic E-state index is 5.75. The molecule has 1 heterocycles. The fourth-order valence-corrected chi connectivity index (χ4v) is 2.54. The standard InChI is InChI=1S/C17H22N2O/c1-5-20-16-9-7-6-8-15(16)17(18-4)14-10-12(2)19-13(3)11-14/h6-11,17-18H,5H2,1-4H3. The van der Waals surface area contributed by atoms with Gasteiger partial charge in [0.05, 0.1) is 12.6 Å². The molecule has 0 aliphatic heterocycles. The van der Waals surface area contributed by atoms with Gasteiger partial charge in [-0.3, -0.25) is 4.98 Å². The molecule has 0 aliphatic rings. The molecule has 0 bridgehead atoms. The number of rotatable bonds is 5. The molecule has 0 spiro atoms. The third kappa shape index (κ3) is 3.17. The lowest BCUT2D eigenvalue weighted by atomic mass is 9.97. The highest BCUT2D eigenvalue weighted by Crippen LogP contribution is 2.30. The largest absolute Gasteiger partial charge is 0.494 e. The lowest BCUT2D eigenvalue weighted by molar-refractivity contribution is 0.334. The summed E-state index contributed by atoms with van der Waals surface area (Å²) in [6, 6.07) is 12.5. The van der Waals surface area contributed by atoms with Gasteiger partial charge in [-0.1, -0.05) is 18.2 Å². The van der Waals surface area contributed by atoms with Gasteiger partial charge >= 0.3 is 0 Å². The summed E-state index contributed by atoms with van der Waals surface area (Å²) >= 11 is 0. The van der Waals surface area contributed by atoms with Crippen molar-refractivity contribution >= 4 is 0 Å². The molecule has 0 aliphatic carbocycles. The molecule has 106 valence electrons. The van der Waals surface area contributed by atoms with Crippen molar-refractivity contribution in [3.63, 3.8) is 0 Å². The molecule has 2 rings (SSSR count). The molecule has 3 nitrogen and oxygen atoms in total. The fraction of sp³-hybridized carbons (Fsp3) is 0.353. The summed E-state index contributed by atoms with van der Waals surface area (Å²) in [5.41, 5.74) is 4.44. The predicted octanol–water partition coefficient (Wildman–Crippen LogP) is 3.41. The Labute approximate surface area is 121 Å². The van der Waals surface area contributed by atoms with E-state index in [2.05, 4.69) is 28.5 Å². The van der Waals surface area contributed by atoms with Crippen molar-refractivity contribution in [3.05, 3.63) is 58.9 Å². The number of hydrogen-bond acceptors (Lipinski definition) is 3. The van der Waals surface area contributed by atoms with E-state index in [9.17, 15) is 0 Å². The first-order valence-electron chi connectivity index (χ1n) is 7.00. The Morgan fingerprint density at radius 2 is 1.80 bits per heavy atom. The van der Waals surface area contributed by atoms with Crippen LogP contribution in [-0.4, -0.2) is 18.6 Å². The molecule has 0 radical (unpaired) electrons. The van der Waals surface area contributed by atoms with Crippen LogP contribution < -0.4 is 10.1 Å². The number of aromatic nitrogens is 1. The quantitative estimate of drug-likeness (QED) is 0.904. The molecular weight excluding hydrogens is 248 g/mol. The maximum Gasteiger partial charge on any atom is 0.124 e. The van der Waals surface area contributed by atoms with Crippen molar-refractivity contribution in [1.82, 2.24) is 10.3 Å². The summed E-state index contributed by atoms with van der Waals surface area (Å²) in [4.78, 5) is 4.44. The van der Waals surface area contributed by atoms with Gasteiger partial charge in [-0.25, -0.2) is 0 Å². The van der Waals surface area contributed by atoms with Gasteiger partial charge < -0.3 is 10.1 Å². The number of nitrogens with one attached hydrogen (secondary N) is 1. The van der Waals surface area contributed by atoms with Crippen LogP contribution in [0.5, 0.6) is 5.75 Å². The second kappa shape index (κ2) is 6.53. The SMILES string of the molecule is CCOc1ccccc1C(NC)c1cc(C)nc(C)c1. The molecule has 1 aromatic heterocycles. The zero-order chi connectivity index (χ0) is 14.5. The number of ether oxygens (including phenoxy) is 1. The van der Waals surface area contributed by atoms with Gasteiger partial charge in [0.25, 0.3) is 0 Å². The number of nitrogens with zero attached hydrogens (tertiary/aromatic N) is 1. The lowest BCUT2D eigenvalue weighted by Gasteiger charge is -2.21. The van der Waals surface area contributed by atoms with Crippen molar-refractivity contribution in [2.24, 2.45) is 0 Å². The Morgan fingerprint density at radius 1 is 1.15 bits per heavy atom. The highest BCUT2D eigenvalue weighted by molar-refractivity contribution is 5.42. The molecule has 1 unspecified atom stereocenters. The first-order valence-corrected chi connectivity index (χ1v) is 7.00. The zero-order valence-electron chi connectivity index (χ0n) is 12.6. The van der Waals surface area contributed by atoms with Crippen LogP contribution >= 0.6 is 0 Å². The first kappa shape index (κ1) is 14.5. The predicted molar refractivity (Wildman–Crippen MR) is 82.2 cm³/mol. The van der Waals surface area contributed by atoms with E-state index >= 15 is 0 Å². The van der Waals surface area contributed by atoms with E-state index in [0.29, 0.717) is 6.61 Å². The summed E-state index contributed by atoms with van der Waals surface area (Å²) in [6.07, 6.45) is 0. The lowest BCUT2D eigenvalue weighted by Crippen LogP contribution is -2.19. The van der Waals surface area contributed by atoms with Crippen LogP contribution in [0.3, 0.4) is 0 Å². The van der Waals surface area contributed by atoms with E-state index < -0.39 is 0 Å². The second-order valence-corrected chi connectivity index (χ2v) is 4.88. The van der Waals surface area contributed by atoms with Crippen LogP contribution in [0.25, 0.3) is 0 Å². The third-order valence-corrected chi connectivity index (χ3v) is 3.26. The number of para-hydroxylation sites is 1. The summed E-state index contributed by atoms with van der Waals surface area (Å²) in [6.45, 7) is 6.73. The summed E-state index contributed by atoms with van der Waals surface area (Å²) in [5.74, 6) is 0.932. The topological polar surface area (TPSA) is 34.1 Å². The number of benzene rings is 1. The summed E-state index contributed by atoms with van der Waals surface area (Å²) in [5, 5.41) is 3.38. The van der Waals surface area contributed by atoms with Crippen LogP contribution in [-0.2, 0) is 0 Å². The van der Waals surface area contributed by atoms with Crippen LogP contribution in [0.4, 0.5) is 0 Å². The Balaban J connectivity index is 2.46. The summed E-state index contributed by atoms with van der Waals surface area (Å²) < 4.78 is 5.75. The van der Waals surface area contributed by atoms with E-state index in [1.165, 1.54) is 5.56 Å². The smallest absolute Gasteiger partial charge is 0.124 e. The monoisotopic (exact) mass is 270 g/mol. The molecule has 1 aromatic carbocycles. The van der Waals surface area contributed by atoms with Gasteiger partial charge in [0.2, 0.25) is 0 Å². The molecule has 0 saturated carbocycles. The van der Waals surface area contributed by atoms with E-state index in [-0.39, 0.29) is 6.04 Å². The van der Waals surface area contributed by atoms with E-state index in [0.717, 1.165) is 22.7 Å². The number of hydrogen-bond donors (Lipinski definition) is 1. The van der Waals surface area contributed by atoms with Crippen molar-refractivity contribution in [3.8, 4) is 5.75 Å². The highest BCUT2D eigenvalue weighted by Gasteiger charge is 2.17. The van der Waals surface area contributed by atoms with E-state index in [4.69, 9.17) is 4.74 Å². The Bertz CT molecular complexity index is 561. The van der Waals surface area contributed by atoms with Crippen LogP contribution in [0.2, 0.25) is 0 Å². The molecule has 20 heavy (non-hydrogen) atoms. The maximum absolute atomic E-state index is 5.75. The molecule has 0 amide bonds. The van der Waals surface area contributed by atoms with Gasteiger partial charge in [-0.2, -0.15) is 0 Å². The first-order chi connectivity index (χ1) is 9.65. The molecular formula is C17H22N2O. The highest BCUT2D eigenvalue weighted by atomic mass is 16.5. The van der Waals surface area contributed by atoms with E-state index in [1.54, 1.807) is 0 Å². The molecule has 0 saturated heterocycles. The minimum Gasteiger partial charge on any atom is -0.494 e. The molecule has 3 heteroatoms. The summed E-state index contributed by atoms with van der Waals surface area (Å²) in [7, 11) is 1.97. The van der Waals surface area contributed by atoms with Crippen molar-refractivity contribution in [2.75, 3.05) is 13.7 Å². The second-order valence-electron chi connectivity index (χ2n) is 4.88. The average Bonchev–Trinajstić information content (AvgIpc) is 2.41. The fourth-order valence-electron chi connectivity index (χ4n) is 2.54. The van der Waals surface area contributed by atoms with Crippen molar-refractivity contribution < 1.29 is 4.74 Å². The minimum absolute atomic E-state index is 0.109. The molecule has 1 N–H and O–H groups in total. The third-order valence-electron chi connectivity index (χ3n) is 3.26. The average molecular weight is 270 g/mol. The van der Waals surface area contributed by atoms with Crippen LogP contribution in [0, 0.1) is 13.8 Å². The van der Waals surface area contributed by atoms with Gasteiger partial charge in [0.1, 0.15) is 5.75 Å². The Hall–Kier alpha value is -1.87. The van der Waals surface area contributed by atoms with Gasteiger partial charge in [0.15, 0.2) is 0 Å². The van der Waals surface area contributed by atoms with Gasteiger partial charge in [-0.05, 0) is 51.6 Å². The van der Waals surface area contributed by atoms with Crippen LogP contribution in [0.15, 0.2) is 36.4 Å². The molecule has 0 fully saturated rings. The molecule has 1 atom stereocenters. The minimum atomic E-state index is 0.109. The normalized spacial score (nSPS) is 12.2. The van der Waals surface area contributed by atoms with E-state index in [1.807, 2.05) is 46.0 Å². The van der Waals surface area contributed by atoms with Crippen molar-refractivity contribution in [1.29, 1.82) is 0 Å². The Morgan fingerprint density at radius 3 is 2.40 bits per heavy atom. The van der Waals surface area contributed by atoms with Gasteiger partial charge in [-0.15, -0.1) is 0 Å². The van der Waals surface area contributed by atoms with Crippen LogP contribution in [0.1, 0.15) is 35.5 Å². The molecule has 2 aromatic rings. The number of pyridine rings is 1. The zero-order valence-corrected chi connectivity index (χ0v) is 12.6.